The third-order valence-corrected chi connectivity index (χ3v) is 5.72. The van der Waals surface area contributed by atoms with E-state index >= 15 is 0 Å². The number of ether oxygens (including phenoxy) is 1. The van der Waals surface area contributed by atoms with Crippen LogP contribution in [0.2, 0.25) is 5.02 Å². The van der Waals surface area contributed by atoms with Gasteiger partial charge in [-0.25, -0.2) is 9.20 Å². The molecule has 27 heavy (non-hydrogen) atoms. The molecule has 2 aromatic rings. The summed E-state index contributed by atoms with van der Waals surface area (Å²) in [6.07, 6.45) is 4.74. The van der Waals surface area contributed by atoms with Crippen molar-refractivity contribution >= 4 is 33.4 Å². The Hall–Kier alpha value is -2.56. The predicted octanol–water partition coefficient (Wildman–Crippen LogP) is 4.99. The summed E-state index contributed by atoms with van der Waals surface area (Å²) in [7, 11) is -0.784. The summed E-state index contributed by atoms with van der Waals surface area (Å²) in [6, 6.07) is 10.2. The highest BCUT2D eigenvalue weighted by molar-refractivity contribution is 7.93. The van der Waals surface area contributed by atoms with Gasteiger partial charge in [-0.1, -0.05) is 11.6 Å². The largest absolute Gasteiger partial charge is 0.457 e. The highest BCUT2D eigenvalue weighted by Crippen LogP contribution is 2.35. The molecule has 0 aliphatic carbocycles. The van der Waals surface area contributed by atoms with Gasteiger partial charge in [-0.05, 0) is 49.7 Å². The Morgan fingerprint density at radius 2 is 2.00 bits per heavy atom. The second kappa shape index (κ2) is 8.89. The molecule has 8 heteroatoms. The molecule has 0 aliphatic rings. The topological polar surface area (TPSA) is 78.0 Å². The number of nitriles is 1. The molecule has 0 amide bonds. The molecule has 0 heterocycles. The molecule has 0 fully saturated rings. The SMILES string of the molecule is CCN(C)/C=N\c1cc(C)c(Oc2ccc(S(C)(=O)=NC#N)cc2)cc1Cl. The fourth-order valence-electron chi connectivity index (χ4n) is 2.12. The monoisotopic (exact) mass is 404 g/mol. The number of hydrogen-bond acceptors (Lipinski definition) is 5. The van der Waals surface area contributed by atoms with E-state index in [1.807, 2.05) is 31.9 Å². The van der Waals surface area contributed by atoms with Gasteiger partial charge < -0.3 is 9.64 Å². The molecule has 6 nitrogen and oxygen atoms in total. The van der Waals surface area contributed by atoms with Gasteiger partial charge in [0.15, 0.2) is 0 Å². The Bertz CT molecular complexity index is 1000. The highest BCUT2D eigenvalue weighted by Gasteiger charge is 2.10. The highest BCUT2D eigenvalue weighted by atomic mass is 35.5. The molecule has 0 bridgehead atoms. The summed E-state index contributed by atoms with van der Waals surface area (Å²) in [4.78, 5) is 6.80. The number of nitrogens with zero attached hydrogens (tertiary/aromatic N) is 4. The average Bonchev–Trinajstić information content (AvgIpc) is 2.63. The molecule has 0 saturated heterocycles. The van der Waals surface area contributed by atoms with Crippen LogP contribution in [0.25, 0.3) is 0 Å². The van der Waals surface area contributed by atoms with E-state index in [-0.39, 0.29) is 0 Å². The summed E-state index contributed by atoms with van der Waals surface area (Å²) in [5.41, 5.74) is 1.55. The fourth-order valence-corrected chi connectivity index (χ4v) is 3.22. The van der Waals surface area contributed by atoms with Crippen LogP contribution in [0.5, 0.6) is 11.5 Å². The maximum Gasteiger partial charge on any atom is 0.214 e. The molecule has 1 unspecified atom stereocenters. The van der Waals surface area contributed by atoms with Crippen LogP contribution in [0.4, 0.5) is 5.69 Å². The molecule has 1 atom stereocenters. The lowest BCUT2D eigenvalue weighted by Crippen LogP contribution is -2.14. The fraction of sp³-hybridized carbons (Fsp3) is 0.263. The second-order valence-electron chi connectivity index (χ2n) is 5.95. The molecule has 0 aliphatic heterocycles. The zero-order valence-corrected chi connectivity index (χ0v) is 17.2. The van der Waals surface area contributed by atoms with Gasteiger partial charge in [0, 0.05) is 30.8 Å². The first-order chi connectivity index (χ1) is 12.8. The van der Waals surface area contributed by atoms with E-state index < -0.39 is 9.73 Å². The van der Waals surface area contributed by atoms with Gasteiger partial charge in [-0.2, -0.15) is 5.26 Å². The number of aryl methyl sites for hydroxylation is 1. The molecule has 142 valence electrons. The minimum Gasteiger partial charge on any atom is -0.457 e. The van der Waals surface area contributed by atoms with Crippen LogP contribution in [-0.2, 0) is 9.73 Å². The molecule has 0 N–H and O–H groups in total. The van der Waals surface area contributed by atoms with Crippen LogP contribution in [0.1, 0.15) is 12.5 Å². The van der Waals surface area contributed by atoms with Crippen molar-refractivity contribution in [2.75, 3.05) is 19.8 Å². The van der Waals surface area contributed by atoms with Crippen LogP contribution in [-0.4, -0.2) is 35.3 Å². The van der Waals surface area contributed by atoms with E-state index in [1.54, 1.807) is 42.9 Å². The minimum atomic E-state index is -2.72. The molecular weight excluding hydrogens is 384 g/mol. The average molecular weight is 405 g/mol. The summed E-state index contributed by atoms with van der Waals surface area (Å²) in [6.45, 7) is 4.79. The standard InChI is InChI=1S/C19H21ClN4O2S/c1-5-24(3)13-22-18-10-14(2)19(11-17(18)20)26-15-6-8-16(9-7-15)27(4,25)23-12-21/h6-11,13H,5H2,1-4H3/b22-13-. The number of rotatable bonds is 6. The smallest absolute Gasteiger partial charge is 0.214 e. The Labute approximate surface area is 165 Å². The zero-order valence-electron chi connectivity index (χ0n) is 15.6. The Kier molecular flexibility index (Phi) is 6.83. The second-order valence-corrected chi connectivity index (χ2v) is 8.62. The quantitative estimate of drug-likeness (QED) is 0.386. The van der Waals surface area contributed by atoms with Gasteiger partial charge >= 0.3 is 0 Å². The van der Waals surface area contributed by atoms with E-state index in [0.29, 0.717) is 27.1 Å². The van der Waals surface area contributed by atoms with Crippen molar-refractivity contribution in [3.05, 3.63) is 47.0 Å². The molecule has 2 rings (SSSR count). The number of benzene rings is 2. The van der Waals surface area contributed by atoms with Crippen molar-refractivity contribution in [3.8, 4) is 17.7 Å². The van der Waals surface area contributed by atoms with Gasteiger partial charge in [0.2, 0.25) is 6.19 Å². The first-order valence-corrected chi connectivity index (χ1v) is 10.5. The van der Waals surface area contributed by atoms with Crippen LogP contribution < -0.4 is 4.74 Å². The van der Waals surface area contributed by atoms with E-state index in [0.717, 1.165) is 12.1 Å². The third kappa shape index (κ3) is 5.46. The Morgan fingerprint density at radius 3 is 2.59 bits per heavy atom. The van der Waals surface area contributed by atoms with Crippen molar-refractivity contribution in [1.82, 2.24) is 4.90 Å². The lowest BCUT2D eigenvalue weighted by molar-refractivity contribution is 0.478. The molecule has 0 aromatic heterocycles. The van der Waals surface area contributed by atoms with Crippen LogP contribution in [0.3, 0.4) is 0 Å². The first-order valence-electron chi connectivity index (χ1n) is 8.19. The molecular formula is C19H21ClN4O2S. The summed E-state index contributed by atoms with van der Waals surface area (Å²) in [5, 5.41) is 9.11. The summed E-state index contributed by atoms with van der Waals surface area (Å²) < 4.78 is 21.6. The maximum absolute atomic E-state index is 12.3. The van der Waals surface area contributed by atoms with Crippen LogP contribution in [0, 0.1) is 18.4 Å². The van der Waals surface area contributed by atoms with Crippen molar-refractivity contribution in [3.63, 3.8) is 0 Å². The van der Waals surface area contributed by atoms with Crippen molar-refractivity contribution in [1.29, 1.82) is 5.26 Å². The third-order valence-electron chi connectivity index (χ3n) is 3.84. The number of hydrogen-bond donors (Lipinski definition) is 0. The summed E-state index contributed by atoms with van der Waals surface area (Å²) in [5.74, 6) is 1.17. The number of aliphatic imine (C=N–C) groups is 1. The van der Waals surface area contributed by atoms with E-state index in [1.165, 1.54) is 6.26 Å². The molecule has 0 saturated carbocycles. The van der Waals surface area contributed by atoms with Gasteiger partial charge in [0.1, 0.15) is 11.5 Å². The van der Waals surface area contributed by atoms with Gasteiger partial charge in [-0.3, -0.25) is 0 Å². The number of halogens is 1. The van der Waals surface area contributed by atoms with Crippen LogP contribution in [0.15, 0.2) is 50.6 Å². The minimum absolute atomic E-state index is 0.468. The summed E-state index contributed by atoms with van der Waals surface area (Å²) >= 11 is 6.32. The van der Waals surface area contributed by atoms with Crippen molar-refractivity contribution < 1.29 is 8.95 Å². The Balaban J connectivity index is 2.24. The lowest BCUT2D eigenvalue weighted by atomic mass is 10.2. The molecule has 2 aromatic carbocycles. The van der Waals surface area contributed by atoms with Crippen molar-refractivity contribution in [2.24, 2.45) is 9.36 Å². The molecule has 0 spiro atoms. The predicted molar refractivity (Wildman–Crippen MR) is 110 cm³/mol. The maximum atomic E-state index is 12.3. The van der Waals surface area contributed by atoms with Gasteiger partial charge in [-0.15, -0.1) is 4.36 Å². The van der Waals surface area contributed by atoms with Crippen LogP contribution >= 0.6 is 11.6 Å². The normalized spacial score (nSPS) is 13.0. The zero-order chi connectivity index (χ0) is 20.0. The Morgan fingerprint density at radius 1 is 1.33 bits per heavy atom. The van der Waals surface area contributed by atoms with Crippen molar-refractivity contribution in [2.45, 2.75) is 18.7 Å². The van der Waals surface area contributed by atoms with Gasteiger partial charge in [0.05, 0.1) is 26.8 Å². The first kappa shape index (κ1) is 20.7. The van der Waals surface area contributed by atoms with Gasteiger partial charge in [0.25, 0.3) is 0 Å². The van der Waals surface area contributed by atoms with E-state index in [4.69, 9.17) is 21.6 Å². The van der Waals surface area contributed by atoms with E-state index in [2.05, 4.69) is 9.36 Å². The lowest BCUT2D eigenvalue weighted by Gasteiger charge is -2.12. The molecule has 0 radical (unpaired) electrons. The van der Waals surface area contributed by atoms with E-state index in [9.17, 15) is 4.21 Å².